The van der Waals surface area contributed by atoms with Gasteiger partial charge in [-0.25, -0.2) is 0 Å². The maximum Gasteiger partial charge on any atom is 0.122 e. The number of benzene rings is 2. The van der Waals surface area contributed by atoms with Gasteiger partial charge in [0, 0.05) is 30.5 Å². The van der Waals surface area contributed by atoms with Crippen LogP contribution in [0.2, 0.25) is 0 Å². The number of nitrogens with one attached hydrogen (secondary N) is 2. The number of hydrogen-bond donors (Lipinski definition) is 4. The quantitative estimate of drug-likeness (QED) is 0.319. The molecular formula is C26H38N2O2. The molecule has 2 rings (SSSR count). The molecule has 0 aliphatic rings. The smallest absolute Gasteiger partial charge is 0.122 e. The Labute approximate surface area is 182 Å². The zero-order chi connectivity index (χ0) is 23.3. The fourth-order valence-electron chi connectivity index (χ4n) is 2.23. The Hall–Kier alpha value is -3.14. The average Bonchev–Trinajstić information content (AvgIpc) is 2.70. The zero-order valence-corrected chi connectivity index (χ0v) is 19.3. The summed E-state index contributed by atoms with van der Waals surface area (Å²) in [5, 5.41) is 25.1. The van der Waals surface area contributed by atoms with Gasteiger partial charge in [0.2, 0.25) is 0 Å². The lowest BCUT2D eigenvalue weighted by atomic mass is 10.0. The number of phenols is 2. The molecule has 0 heterocycles. The van der Waals surface area contributed by atoms with E-state index in [1.807, 2.05) is 46.9 Å². The third kappa shape index (κ3) is 9.87. The topological polar surface area (TPSA) is 64.5 Å². The van der Waals surface area contributed by atoms with E-state index < -0.39 is 0 Å². The van der Waals surface area contributed by atoms with Crippen LogP contribution in [0.3, 0.4) is 0 Å². The van der Waals surface area contributed by atoms with Crippen molar-refractivity contribution in [3.8, 4) is 11.5 Å². The maximum absolute atomic E-state index is 9.37. The lowest BCUT2D eigenvalue weighted by molar-refractivity contribution is 0.441. The minimum Gasteiger partial charge on any atom is -0.508 e. The first-order valence-corrected chi connectivity index (χ1v) is 10.0. The fraction of sp³-hybridized carbons (Fsp3) is 0.308. The molecule has 4 N–H and O–H groups in total. The molecule has 0 unspecified atom stereocenters. The SMILES string of the molecule is C=C(C)C(=C)NCc1cccc(NC)c1.C=CC.Cc1c(O)cc(C(C)C)cc1O. The van der Waals surface area contributed by atoms with Crippen LogP contribution in [-0.4, -0.2) is 17.3 Å². The van der Waals surface area contributed by atoms with E-state index in [1.54, 1.807) is 25.1 Å². The second kappa shape index (κ2) is 13.9. The Bertz CT molecular complexity index is 816. The molecule has 0 aromatic heterocycles. The summed E-state index contributed by atoms with van der Waals surface area (Å²) in [7, 11) is 1.92. The van der Waals surface area contributed by atoms with Gasteiger partial charge >= 0.3 is 0 Å². The molecule has 0 saturated carbocycles. The molecule has 4 heteroatoms. The second-order valence-corrected chi connectivity index (χ2v) is 7.31. The molecule has 0 bridgehead atoms. The third-order valence-corrected chi connectivity index (χ3v) is 4.28. The maximum atomic E-state index is 9.37. The number of aromatic hydroxyl groups is 2. The predicted octanol–water partition coefficient (Wildman–Crippen LogP) is 6.63. The van der Waals surface area contributed by atoms with Gasteiger partial charge in [0.25, 0.3) is 0 Å². The third-order valence-electron chi connectivity index (χ3n) is 4.28. The molecule has 0 radical (unpaired) electrons. The standard InChI is InChI=1S/C13H18N2.C10H14O2.C3H6/c1-10(2)11(3)15-9-12-6-5-7-13(8-12)14-4;1-6(2)8-4-9(11)7(3)10(12)5-8;1-3-2/h5-8,14-15H,1,3,9H2,2,4H3;4-6,11-12H,1-3H3;3H,1H2,2H3. The molecule has 2 aromatic rings. The summed E-state index contributed by atoms with van der Waals surface area (Å²) in [4.78, 5) is 0. The molecule has 0 amide bonds. The Kier molecular flexibility index (Phi) is 12.5. The first kappa shape index (κ1) is 26.9. The molecule has 0 aliphatic heterocycles. The fourth-order valence-corrected chi connectivity index (χ4v) is 2.23. The van der Waals surface area contributed by atoms with Crippen LogP contribution in [0, 0.1) is 6.92 Å². The average molecular weight is 411 g/mol. The van der Waals surface area contributed by atoms with E-state index in [0.717, 1.165) is 29.1 Å². The summed E-state index contributed by atoms with van der Waals surface area (Å²) in [6.45, 7) is 21.4. The lowest BCUT2D eigenvalue weighted by Crippen LogP contribution is -2.12. The summed E-state index contributed by atoms with van der Waals surface area (Å²) in [6.07, 6.45) is 1.75. The van der Waals surface area contributed by atoms with Crippen LogP contribution < -0.4 is 10.6 Å². The van der Waals surface area contributed by atoms with E-state index in [0.29, 0.717) is 11.5 Å². The minimum absolute atomic E-state index is 0.165. The van der Waals surface area contributed by atoms with E-state index in [4.69, 9.17) is 0 Å². The van der Waals surface area contributed by atoms with Crippen molar-refractivity contribution in [2.45, 2.75) is 47.1 Å². The highest BCUT2D eigenvalue weighted by Crippen LogP contribution is 2.30. The summed E-state index contributed by atoms with van der Waals surface area (Å²) in [5.41, 5.74) is 5.71. The van der Waals surface area contributed by atoms with Gasteiger partial charge in [-0.15, -0.1) is 6.58 Å². The molecule has 30 heavy (non-hydrogen) atoms. The van der Waals surface area contributed by atoms with Gasteiger partial charge in [0.1, 0.15) is 11.5 Å². The Morgan fingerprint density at radius 3 is 2.07 bits per heavy atom. The summed E-state index contributed by atoms with van der Waals surface area (Å²) in [5.74, 6) is 0.653. The van der Waals surface area contributed by atoms with Gasteiger partial charge in [0.05, 0.1) is 0 Å². The van der Waals surface area contributed by atoms with Gasteiger partial charge in [-0.1, -0.05) is 45.2 Å². The summed E-state index contributed by atoms with van der Waals surface area (Å²) in [6, 6.07) is 11.7. The molecule has 0 aliphatic carbocycles. The van der Waals surface area contributed by atoms with Gasteiger partial charge < -0.3 is 20.8 Å². The molecule has 164 valence electrons. The monoisotopic (exact) mass is 410 g/mol. The highest BCUT2D eigenvalue weighted by atomic mass is 16.3. The van der Waals surface area contributed by atoms with Crippen molar-refractivity contribution in [3.63, 3.8) is 0 Å². The van der Waals surface area contributed by atoms with Crippen molar-refractivity contribution in [3.05, 3.63) is 90.2 Å². The lowest BCUT2D eigenvalue weighted by Gasteiger charge is -2.10. The van der Waals surface area contributed by atoms with Crippen LogP contribution in [-0.2, 0) is 6.54 Å². The van der Waals surface area contributed by atoms with Gasteiger partial charge in [-0.05, 0) is 67.7 Å². The molecule has 0 fully saturated rings. The Balaban J connectivity index is 0.000000505. The van der Waals surface area contributed by atoms with Gasteiger partial charge in [-0.3, -0.25) is 0 Å². The van der Waals surface area contributed by atoms with Crippen molar-refractivity contribution in [2.24, 2.45) is 0 Å². The minimum atomic E-state index is 0.165. The van der Waals surface area contributed by atoms with E-state index in [-0.39, 0.29) is 11.5 Å². The van der Waals surface area contributed by atoms with Crippen LogP contribution in [0.5, 0.6) is 11.5 Å². The molecule has 0 spiro atoms. The number of anilines is 1. The molecule has 0 atom stereocenters. The molecular weight excluding hydrogens is 372 g/mol. The highest BCUT2D eigenvalue weighted by Gasteiger charge is 2.07. The molecule has 2 aromatic carbocycles. The van der Waals surface area contributed by atoms with Crippen LogP contribution in [0.25, 0.3) is 0 Å². The first-order chi connectivity index (χ1) is 14.1. The van der Waals surface area contributed by atoms with Crippen LogP contribution in [0.15, 0.2) is 73.5 Å². The number of allylic oxidation sites excluding steroid dienone is 2. The van der Waals surface area contributed by atoms with Crippen LogP contribution in [0.1, 0.15) is 50.3 Å². The van der Waals surface area contributed by atoms with E-state index in [1.165, 1.54) is 5.56 Å². The van der Waals surface area contributed by atoms with Gasteiger partial charge in [0.15, 0.2) is 0 Å². The van der Waals surface area contributed by atoms with Crippen molar-refractivity contribution >= 4 is 5.69 Å². The Morgan fingerprint density at radius 2 is 1.63 bits per heavy atom. The number of rotatable bonds is 6. The largest absolute Gasteiger partial charge is 0.508 e. The van der Waals surface area contributed by atoms with E-state index in [9.17, 15) is 10.2 Å². The number of phenolic OH excluding ortho intramolecular Hbond substituents is 2. The first-order valence-electron chi connectivity index (χ1n) is 10.0. The summed E-state index contributed by atoms with van der Waals surface area (Å²) < 4.78 is 0. The van der Waals surface area contributed by atoms with E-state index >= 15 is 0 Å². The normalized spacial score (nSPS) is 9.43. The number of hydrogen-bond acceptors (Lipinski definition) is 4. The zero-order valence-electron chi connectivity index (χ0n) is 19.3. The highest BCUT2D eigenvalue weighted by molar-refractivity contribution is 5.46. The van der Waals surface area contributed by atoms with Crippen molar-refractivity contribution in [2.75, 3.05) is 12.4 Å². The van der Waals surface area contributed by atoms with Crippen molar-refractivity contribution < 1.29 is 10.2 Å². The van der Waals surface area contributed by atoms with Crippen molar-refractivity contribution in [1.29, 1.82) is 0 Å². The predicted molar refractivity (Wildman–Crippen MR) is 131 cm³/mol. The molecule has 0 saturated heterocycles. The Morgan fingerprint density at radius 1 is 1.10 bits per heavy atom. The van der Waals surface area contributed by atoms with Crippen LogP contribution >= 0.6 is 0 Å². The molecule has 4 nitrogen and oxygen atoms in total. The van der Waals surface area contributed by atoms with E-state index in [2.05, 4.69) is 42.5 Å². The van der Waals surface area contributed by atoms with Crippen molar-refractivity contribution in [1.82, 2.24) is 5.32 Å². The summed E-state index contributed by atoms with van der Waals surface area (Å²) >= 11 is 0. The van der Waals surface area contributed by atoms with Crippen LogP contribution in [0.4, 0.5) is 5.69 Å². The van der Waals surface area contributed by atoms with Gasteiger partial charge in [-0.2, -0.15) is 0 Å². The second-order valence-electron chi connectivity index (χ2n) is 7.31.